The minimum Gasteiger partial charge on any atom is -0.469 e. The lowest BCUT2D eigenvalue weighted by Crippen LogP contribution is -2.66. The highest BCUT2D eigenvalue weighted by Crippen LogP contribution is 2.68. The number of hydrogen-bond acceptors (Lipinski definition) is 12. The van der Waals surface area contributed by atoms with Crippen molar-refractivity contribution in [2.75, 3.05) is 24.0 Å². The molecule has 0 aromatic heterocycles. The summed E-state index contributed by atoms with van der Waals surface area (Å²) in [6.45, 7) is 9.09. The van der Waals surface area contributed by atoms with Crippen LogP contribution in [-0.2, 0) is 60.4 Å². The molecule has 5 amide bonds. The predicted molar refractivity (Wildman–Crippen MR) is 193 cm³/mol. The highest BCUT2D eigenvalue weighted by Gasteiger charge is 2.86. The lowest BCUT2D eigenvalue weighted by atomic mass is 9.58. The zero-order chi connectivity index (χ0) is 40.2. The van der Waals surface area contributed by atoms with Gasteiger partial charge in [-0.15, -0.1) is 0 Å². The number of benzene rings is 3. The molecule has 3 aromatic carbocycles. The summed E-state index contributed by atoms with van der Waals surface area (Å²) in [6, 6.07) is 17.9. The van der Waals surface area contributed by atoms with Crippen molar-refractivity contribution in [2.45, 2.75) is 76.3 Å². The van der Waals surface area contributed by atoms with Crippen LogP contribution in [-0.4, -0.2) is 78.4 Å². The maximum atomic E-state index is 15.8. The van der Waals surface area contributed by atoms with Gasteiger partial charge in [-0.25, -0.2) is 29.0 Å². The van der Waals surface area contributed by atoms with E-state index in [1.54, 1.807) is 71.9 Å². The minimum absolute atomic E-state index is 0.112. The summed E-state index contributed by atoms with van der Waals surface area (Å²) in [5.74, 6) is -7.02. The molecule has 2 spiro atoms. The Morgan fingerprint density at radius 2 is 1.09 bits per heavy atom. The molecule has 6 rings (SSSR count). The second kappa shape index (κ2) is 13.6. The predicted octanol–water partition coefficient (Wildman–Crippen LogP) is 5.37. The van der Waals surface area contributed by atoms with Crippen LogP contribution in [0.2, 0.25) is 0 Å². The molecular formula is C40H41N3O12. The number of rotatable bonds is 4. The highest BCUT2D eigenvalue weighted by molar-refractivity contribution is 6.31. The molecule has 288 valence electrons. The van der Waals surface area contributed by atoms with Crippen LogP contribution in [0.15, 0.2) is 78.9 Å². The van der Waals surface area contributed by atoms with Gasteiger partial charge in [-0.1, -0.05) is 66.7 Å². The molecule has 1 fully saturated rings. The minimum atomic E-state index is -2.82. The van der Waals surface area contributed by atoms with Gasteiger partial charge in [0.2, 0.25) is 0 Å². The largest absolute Gasteiger partial charge is 0.469 e. The van der Waals surface area contributed by atoms with Crippen molar-refractivity contribution in [2.24, 2.45) is 5.92 Å². The van der Waals surface area contributed by atoms with E-state index in [-0.39, 0.29) is 29.1 Å². The summed E-state index contributed by atoms with van der Waals surface area (Å²) in [6.07, 6.45) is -3.70. The third kappa shape index (κ3) is 5.76. The Balaban J connectivity index is 1.76. The number of ether oxygens (including phenoxy) is 5. The van der Waals surface area contributed by atoms with Crippen molar-refractivity contribution in [3.05, 3.63) is 95.6 Å². The number of hydrogen-bond donors (Lipinski definition) is 0. The van der Waals surface area contributed by atoms with Crippen molar-refractivity contribution in [1.82, 2.24) is 4.90 Å². The third-order valence-electron chi connectivity index (χ3n) is 9.60. The summed E-state index contributed by atoms with van der Waals surface area (Å²) in [5.41, 5.74) is -7.82. The number of amides is 5. The Kier molecular flexibility index (Phi) is 9.48. The molecular weight excluding hydrogens is 714 g/mol. The zero-order valence-corrected chi connectivity index (χ0v) is 31.6. The number of imide groups is 2. The first kappa shape index (κ1) is 38.5. The summed E-state index contributed by atoms with van der Waals surface area (Å²) in [4.78, 5) is 106. The lowest BCUT2D eigenvalue weighted by molar-refractivity contribution is -0.157. The number of anilines is 2. The molecule has 15 nitrogen and oxygen atoms in total. The van der Waals surface area contributed by atoms with Gasteiger partial charge in [-0.05, 0) is 64.8 Å². The van der Waals surface area contributed by atoms with E-state index >= 15 is 9.59 Å². The standard InChI is InChI=1S/C40H41N3O12/c1-37(2,3)54-34(48)41-26-20-14-12-18-24(26)39(32(41)46)28(30(44)51-7)29(31(45)52-8)43(36(50)53-22-23-16-10-9-11-17-23)40(39)25-19-13-15-21-27(25)42(33(40)47)35(49)55-38(4,5)6/h9-21,28-29H,22H2,1-8H3/t28-,29-,39+,40-/m0/s1. The first-order valence-corrected chi connectivity index (χ1v) is 17.4. The van der Waals surface area contributed by atoms with E-state index in [4.69, 9.17) is 23.7 Å². The normalized spacial score (nSPS) is 22.7. The number of esters is 2. The van der Waals surface area contributed by atoms with Gasteiger partial charge >= 0.3 is 30.2 Å². The Labute approximate surface area is 317 Å². The SMILES string of the molecule is COC(=O)[C@@H]1[C@@H](C(=O)OC)[C@]2(C(=O)N(C(=O)OC(C)(C)C)c3ccccc32)[C@]2(C(=O)N(C(=O)OC(C)(C)C)c3ccccc32)N1C(=O)OCc1ccccc1. The van der Waals surface area contributed by atoms with Crippen LogP contribution in [0.25, 0.3) is 0 Å². The summed E-state index contributed by atoms with van der Waals surface area (Å²) < 4.78 is 27.7. The Bertz CT molecular complexity index is 2110. The van der Waals surface area contributed by atoms with Gasteiger partial charge in [0.1, 0.15) is 35.2 Å². The highest BCUT2D eigenvalue weighted by atomic mass is 16.6. The van der Waals surface area contributed by atoms with E-state index in [1.165, 1.54) is 48.5 Å². The van der Waals surface area contributed by atoms with E-state index in [0.717, 1.165) is 14.2 Å². The van der Waals surface area contributed by atoms with Crippen molar-refractivity contribution in [1.29, 1.82) is 0 Å². The molecule has 55 heavy (non-hydrogen) atoms. The van der Waals surface area contributed by atoms with Gasteiger partial charge in [0.25, 0.3) is 11.8 Å². The average molecular weight is 756 g/mol. The van der Waals surface area contributed by atoms with Gasteiger partial charge in [0.05, 0.1) is 25.6 Å². The van der Waals surface area contributed by atoms with E-state index in [1.807, 2.05) is 0 Å². The number of fused-ring (bicyclic) bond motifs is 5. The van der Waals surface area contributed by atoms with Gasteiger partial charge < -0.3 is 23.7 Å². The third-order valence-corrected chi connectivity index (χ3v) is 9.60. The van der Waals surface area contributed by atoms with E-state index in [2.05, 4.69) is 0 Å². The number of para-hydroxylation sites is 2. The second-order valence-corrected chi connectivity index (χ2v) is 15.2. The van der Waals surface area contributed by atoms with Crippen molar-refractivity contribution in [3.63, 3.8) is 0 Å². The number of nitrogens with zero attached hydrogens (tertiary/aromatic N) is 3. The maximum absolute atomic E-state index is 15.8. The van der Waals surface area contributed by atoms with Gasteiger partial charge in [0, 0.05) is 5.56 Å². The molecule has 0 unspecified atom stereocenters. The zero-order valence-electron chi connectivity index (χ0n) is 31.6. The average Bonchev–Trinajstić information content (AvgIpc) is 3.67. The number of methoxy groups -OCH3 is 2. The molecule has 0 saturated carbocycles. The molecule has 1 saturated heterocycles. The van der Waals surface area contributed by atoms with Crippen LogP contribution in [0.5, 0.6) is 0 Å². The summed E-state index contributed by atoms with van der Waals surface area (Å²) in [5, 5.41) is 0. The fraction of sp³-hybridized carbons (Fsp3) is 0.375. The molecule has 3 aliphatic heterocycles. The Morgan fingerprint density at radius 3 is 1.62 bits per heavy atom. The molecule has 3 aliphatic rings. The Hall–Kier alpha value is -6.25. The maximum Gasteiger partial charge on any atom is 0.421 e. The molecule has 0 radical (unpaired) electrons. The second-order valence-electron chi connectivity index (χ2n) is 15.2. The van der Waals surface area contributed by atoms with Crippen molar-refractivity contribution in [3.8, 4) is 0 Å². The van der Waals surface area contributed by atoms with Crippen molar-refractivity contribution < 1.29 is 57.2 Å². The first-order chi connectivity index (χ1) is 25.9. The molecule has 3 aromatic rings. The quantitative estimate of drug-likeness (QED) is 0.246. The van der Waals surface area contributed by atoms with Crippen LogP contribution < -0.4 is 9.80 Å². The molecule has 0 aliphatic carbocycles. The number of carbonyl (C=O) groups is 7. The lowest BCUT2D eigenvalue weighted by Gasteiger charge is -2.43. The topological polar surface area (TPSA) is 175 Å². The van der Waals surface area contributed by atoms with E-state index in [9.17, 15) is 24.0 Å². The molecule has 3 heterocycles. The smallest absolute Gasteiger partial charge is 0.421 e. The van der Waals surface area contributed by atoms with Crippen LogP contribution in [0, 0.1) is 5.92 Å². The number of likely N-dealkylation sites (tertiary alicyclic amines) is 1. The van der Waals surface area contributed by atoms with E-state index < -0.39 is 76.1 Å². The Morgan fingerprint density at radius 1 is 0.618 bits per heavy atom. The van der Waals surface area contributed by atoms with E-state index in [0.29, 0.717) is 20.3 Å². The van der Waals surface area contributed by atoms with Gasteiger partial charge in [-0.3, -0.25) is 19.3 Å². The fourth-order valence-electron chi connectivity index (χ4n) is 7.85. The number of carbonyl (C=O) groups excluding carboxylic acids is 7. The molecule has 4 atom stereocenters. The van der Waals surface area contributed by atoms with Crippen LogP contribution in [0.1, 0.15) is 58.2 Å². The summed E-state index contributed by atoms with van der Waals surface area (Å²) in [7, 11) is 2.00. The monoisotopic (exact) mass is 755 g/mol. The van der Waals surface area contributed by atoms with Gasteiger partial charge in [0.15, 0.2) is 5.54 Å². The molecule has 0 N–H and O–H groups in total. The van der Waals surface area contributed by atoms with Crippen LogP contribution in [0.4, 0.5) is 25.8 Å². The van der Waals surface area contributed by atoms with Gasteiger partial charge in [-0.2, -0.15) is 0 Å². The first-order valence-electron chi connectivity index (χ1n) is 17.4. The van der Waals surface area contributed by atoms with Crippen LogP contribution in [0.3, 0.4) is 0 Å². The fourth-order valence-corrected chi connectivity index (χ4v) is 7.85. The molecule has 15 heteroatoms. The van der Waals surface area contributed by atoms with Crippen molar-refractivity contribution >= 4 is 53.4 Å². The molecule has 0 bridgehead atoms. The van der Waals surface area contributed by atoms with Crippen LogP contribution >= 0.6 is 0 Å². The summed E-state index contributed by atoms with van der Waals surface area (Å²) >= 11 is 0.